The van der Waals surface area contributed by atoms with Gasteiger partial charge in [0.25, 0.3) is 0 Å². The minimum absolute atomic E-state index is 0.0320. The molecule has 0 saturated heterocycles. The van der Waals surface area contributed by atoms with Crippen LogP contribution in [0.3, 0.4) is 0 Å². The summed E-state index contributed by atoms with van der Waals surface area (Å²) in [5.74, 6) is -1.67. The number of benzene rings is 1. The van der Waals surface area contributed by atoms with Gasteiger partial charge in [0.1, 0.15) is 0 Å². The molecule has 15 heavy (non-hydrogen) atoms. The van der Waals surface area contributed by atoms with E-state index in [0.717, 1.165) is 13.2 Å². The number of carbonyl (C=O) groups excluding carboxylic acids is 1. The summed E-state index contributed by atoms with van der Waals surface area (Å²) < 4.78 is 17.6. The average Bonchev–Trinajstić information content (AvgIpc) is 2.20. The quantitative estimate of drug-likeness (QED) is 0.427. The molecule has 80 valence electrons. The molecule has 0 N–H and O–H groups in total. The Hall–Kier alpha value is -1.98. The summed E-state index contributed by atoms with van der Waals surface area (Å²) >= 11 is 0. The Kier molecular flexibility index (Phi) is 2.99. The molecule has 6 heteroatoms. The second-order valence-electron chi connectivity index (χ2n) is 2.87. The Morgan fingerprint density at radius 3 is 2.60 bits per heavy atom. The van der Waals surface area contributed by atoms with E-state index in [2.05, 4.69) is 4.74 Å². The van der Waals surface area contributed by atoms with Crippen LogP contribution in [-0.2, 0) is 4.74 Å². The maximum Gasteiger partial charge on any atom is 0.338 e. The van der Waals surface area contributed by atoms with Gasteiger partial charge < -0.3 is 4.74 Å². The number of nitro benzene ring substituents is 1. The maximum atomic E-state index is 13.2. The minimum atomic E-state index is -0.937. The van der Waals surface area contributed by atoms with Gasteiger partial charge in [0, 0.05) is 6.07 Å². The lowest BCUT2D eigenvalue weighted by molar-refractivity contribution is -0.387. The molecule has 0 aromatic heterocycles. The topological polar surface area (TPSA) is 69.4 Å². The summed E-state index contributed by atoms with van der Waals surface area (Å²) in [4.78, 5) is 20.7. The Balaban J connectivity index is 3.35. The van der Waals surface area contributed by atoms with Crippen molar-refractivity contribution in [3.63, 3.8) is 0 Å². The number of nitrogens with zero attached hydrogens (tertiary/aromatic N) is 1. The second kappa shape index (κ2) is 4.04. The first-order valence-electron chi connectivity index (χ1n) is 4.00. The molecule has 0 radical (unpaired) electrons. The van der Waals surface area contributed by atoms with Crippen LogP contribution in [0.1, 0.15) is 15.9 Å². The Morgan fingerprint density at radius 1 is 1.53 bits per heavy atom. The van der Waals surface area contributed by atoms with Crippen molar-refractivity contribution in [2.24, 2.45) is 0 Å². The fourth-order valence-electron chi connectivity index (χ4n) is 1.12. The zero-order valence-electron chi connectivity index (χ0n) is 8.11. The first-order chi connectivity index (χ1) is 6.97. The van der Waals surface area contributed by atoms with Crippen molar-refractivity contribution in [3.05, 3.63) is 39.2 Å². The molecule has 0 aliphatic rings. The molecule has 1 aromatic carbocycles. The number of nitro groups is 1. The zero-order valence-corrected chi connectivity index (χ0v) is 8.11. The summed E-state index contributed by atoms with van der Waals surface area (Å²) in [6.45, 7) is 1.34. The minimum Gasteiger partial charge on any atom is -0.465 e. The number of aryl methyl sites for hydroxylation is 1. The van der Waals surface area contributed by atoms with Crippen LogP contribution in [-0.4, -0.2) is 18.0 Å². The van der Waals surface area contributed by atoms with Crippen molar-refractivity contribution in [2.45, 2.75) is 6.92 Å². The van der Waals surface area contributed by atoms with Crippen molar-refractivity contribution < 1.29 is 18.8 Å². The third kappa shape index (κ3) is 2.09. The van der Waals surface area contributed by atoms with Gasteiger partial charge in [0.2, 0.25) is 5.82 Å². The summed E-state index contributed by atoms with van der Waals surface area (Å²) in [7, 11) is 1.15. The van der Waals surface area contributed by atoms with Crippen molar-refractivity contribution >= 4 is 11.7 Å². The summed E-state index contributed by atoms with van der Waals surface area (Å²) in [6, 6.07) is 2.06. The molecular formula is C9H8FNO4. The fraction of sp³-hybridized carbons (Fsp3) is 0.222. The number of esters is 1. The van der Waals surface area contributed by atoms with E-state index in [1.54, 1.807) is 0 Å². The highest BCUT2D eigenvalue weighted by Gasteiger charge is 2.20. The van der Waals surface area contributed by atoms with Crippen LogP contribution < -0.4 is 0 Å². The van der Waals surface area contributed by atoms with E-state index in [1.165, 1.54) is 13.0 Å². The van der Waals surface area contributed by atoms with Gasteiger partial charge >= 0.3 is 11.7 Å². The lowest BCUT2D eigenvalue weighted by Crippen LogP contribution is -2.04. The molecule has 0 atom stereocenters. The molecule has 0 heterocycles. The van der Waals surface area contributed by atoms with E-state index in [9.17, 15) is 19.3 Å². The summed E-state index contributed by atoms with van der Waals surface area (Å²) in [6.07, 6.45) is 0. The highest BCUT2D eigenvalue weighted by molar-refractivity contribution is 5.90. The van der Waals surface area contributed by atoms with E-state index in [0.29, 0.717) is 0 Å². The number of carbonyl (C=O) groups is 1. The summed E-state index contributed by atoms with van der Waals surface area (Å²) in [5, 5.41) is 10.5. The number of hydrogen-bond acceptors (Lipinski definition) is 4. The molecule has 1 rings (SSSR count). The van der Waals surface area contributed by atoms with Gasteiger partial charge in [0.15, 0.2) is 0 Å². The van der Waals surface area contributed by atoms with Gasteiger partial charge in [-0.3, -0.25) is 10.1 Å². The molecule has 0 aliphatic carbocycles. The molecule has 0 amide bonds. The monoisotopic (exact) mass is 213 g/mol. The predicted molar refractivity (Wildman–Crippen MR) is 49.1 cm³/mol. The average molecular weight is 213 g/mol. The van der Waals surface area contributed by atoms with E-state index >= 15 is 0 Å². The molecule has 0 unspecified atom stereocenters. The molecule has 0 spiro atoms. The number of halogens is 1. The standard InChI is InChI=1S/C9H8FNO4/c1-5-3-6(9(12)15-2)4-7(8(5)10)11(13)14/h3-4H,1-2H3. The third-order valence-corrected chi connectivity index (χ3v) is 1.85. The van der Waals surface area contributed by atoms with Crippen molar-refractivity contribution in [1.82, 2.24) is 0 Å². The van der Waals surface area contributed by atoms with E-state index in [-0.39, 0.29) is 11.1 Å². The number of methoxy groups -OCH3 is 1. The first-order valence-corrected chi connectivity index (χ1v) is 4.00. The Morgan fingerprint density at radius 2 is 2.13 bits per heavy atom. The first kappa shape index (κ1) is 11.1. The Bertz CT molecular complexity index is 430. The lowest BCUT2D eigenvalue weighted by atomic mass is 10.1. The van der Waals surface area contributed by atoms with Gasteiger partial charge in [-0.25, -0.2) is 4.79 Å². The zero-order chi connectivity index (χ0) is 11.6. The van der Waals surface area contributed by atoms with Crippen molar-refractivity contribution in [3.8, 4) is 0 Å². The summed E-state index contributed by atoms with van der Waals surface area (Å²) in [5.41, 5.74) is -0.733. The van der Waals surface area contributed by atoms with E-state index in [4.69, 9.17) is 0 Å². The lowest BCUT2D eigenvalue weighted by Gasteiger charge is -2.02. The smallest absolute Gasteiger partial charge is 0.338 e. The number of rotatable bonds is 2. The largest absolute Gasteiger partial charge is 0.465 e. The molecule has 0 aliphatic heterocycles. The van der Waals surface area contributed by atoms with Crippen LogP contribution in [0, 0.1) is 22.9 Å². The van der Waals surface area contributed by atoms with Crippen LogP contribution >= 0.6 is 0 Å². The fourth-order valence-corrected chi connectivity index (χ4v) is 1.12. The molecule has 0 bridgehead atoms. The Labute approximate surface area is 84.6 Å². The SMILES string of the molecule is COC(=O)c1cc(C)c(F)c([N+](=O)[O-])c1. The van der Waals surface area contributed by atoms with Crippen LogP contribution in [0.25, 0.3) is 0 Å². The van der Waals surface area contributed by atoms with Crippen LogP contribution in [0.5, 0.6) is 0 Å². The van der Waals surface area contributed by atoms with Gasteiger partial charge in [-0.2, -0.15) is 4.39 Å². The maximum absolute atomic E-state index is 13.2. The molecule has 0 saturated carbocycles. The molecule has 5 nitrogen and oxygen atoms in total. The normalized spacial score (nSPS) is 9.80. The number of hydrogen-bond donors (Lipinski definition) is 0. The van der Waals surface area contributed by atoms with Crippen molar-refractivity contribution in [2.75, 3.05) is 7.11 Å². The third-order valence-electron chi connectivity index (χ3n) is 1.85. The van der Waals surface area contributed by atoms with Gasteiger partial charge in [-0.05, 0) is 18.6 Å². The van der Waals surface area contributed by atoms with Crippen LogP contribution in [0.2, 0.25) is 0 Å². The van der Waals surface area contributed by atoms with E-state index < -0.39 is 22.4 Å². The second-order valence-corrected chi connectivity index (χ2v) is 2.87. The highest BCUT2D eigenvalue weighted by atomic mass is 19.1. The van der Waals surface area contributed by atoms with Crippen LogP contribution in [0.15, 0.2) is 12.1 Å². The predicted octanol–water partition coefficient (Wildman–Crippen LogP) is 1.83. The van der Waals surface area contributed by atoms with Crippen molar-refractivity contribution in [1.29, 1.82) is 0 Å². The highest BCUT2D eigenvalue weighted by Crippen LogP contribution is 2.22. The van der Waals surface area contributed by atoms with E-state index in [1.807, 2.05) is 0 Å². The molecule has 1 aromatic rings. The van der Waals surface area contributed by atoms with Gasteiger partial charge in [-0.15, -0.1) is 0 Å². The van der Waals surface area contributed by atoms with Gasteiger partial charge in [0.05, 0.1) is 17.6 Å². The number of ether oxygens (including phenoxy) is 1. The molecular weight excluding hydrogens is 205 g/mol. The van der Waals surface area contributed by atoms with Gasteiger partial charge in [-0.1, -0.05) is 0 Å². The van der Waals surface area contributed by atoms with Crippen LogP contribution in [0.4, 0.5) is 10.1 Å². The molecule has 0 fully saturated rings.